The number of hydrogen-bond acceptors (Lipinski definition) is 2. The van der Waals surface area contributed by atoms with Crippen molar-refractivity contribution < 1.29 is 4.79 Å². The third-order valence-electron chi connectivity index (χ3n) is 1.83. The van der Waals surface area contributed by atoms with Gasteiger partial charge in [-0.25, -0.2) is 0 Å². The smallest absolute Gasteiger partial charge is 0.161 e. The van der Waals surface area contributed by atoms with E-state index in [0.29, 0.717) is 0 Å². The molecule has 0 aliphatic rings. The topological polar surface area (TPSA) is 30.0 Å². The molecule has 1 heterocycles. The number of carbonyl (C=O) groups excluding carboxylic acids is 1. The summed E-state index contributed by atoms with van der Waals surface area (Å²) in [5.41, 5.74) is 0.496. The monoisotopic (exact) mass is 189 g/mol. The van der Waals surface area contributed by atoms with Crippen molar-refractivity contribution in [2.75, 3.05) is 0 Å². The molecule has 0 aliphatic carbocycles. The quantitative estimate of drug-likeness (QED) is 0.669. The molecule has 2 heteroatoms. The van der Waals surface area contributed by atoms with E-state index in [1.165, 1.54) is 0 Å². The minimum atomic E-state index is -0.314. The van der Waals surface area contributed by atoms with Gasteiger partial charge in [0.05, 0.1) is 5.69 Å². The van der Waals surface area contributed by atoms with Crippen LogP contribution in [0.3, 0.4) is 0 Å². The summed E-state index contributed by atoms with van der Waals surface area (Å²) < 4.78 is 0. The largest absolute Gasteiger partial charge is 0.294 e. The van der Waals surface area contributed by atoms with Crippen molar-refractivity contribution in [3.8, 4) is 0 Å². The lowest BCUT2D eigenvalue weighted by Gasteiger charge is -2.12. The summed E-state index contributed by atoms with van der Waals surface area (Å²) in [6.07, 6.45) is 5.04. The lowest BCUT2D eigenvalue weighted by Crippen LogP contribution is -2.17. The summed E-state index contributed by atoms with van der Waals surface area (Å²) in [6, 6.07) is 5.61. The fraction of sp³-hybridized carbons (Fsp3) is 0.333. The first-order chi connectivity index (χ1) is 6.50. The second-order valence-electron chi connectivity index (χ2n) is 4.20. The third kappa shape index (κ3) is 3.13. The van der Waals surface area contributed by atoms with Gasteiger partial charge in [-0.3, -0.25) is 9.78 Å². The first-order valence-corrected chi connectivity index (χ1v) is 4.64. The summed E-state index contributed by atoms with van der Waals surface area (Å²) in [5.74, 6) is 0.114. The number of nitrogens with zero attached hydrogens (tertiary/aromatic N) is 1. The molecule has 14 heavy (non-hydrogen) atoms. The van der Waals surface area contributed by atoms with Gasteiger partial charge in [0.25, 0.3) is 0 Å². The molecule has 0 N–H and O–H groups in total. The Hall–Kier alpha value is -1.44. The average Bonchev–Trinajstić information content (AvgIpc) is 2.14. The number of hydrogen-bond donors (Lipinski definition) is 0. The van der Waals surface area contributed by atoms with Crippen molar-refractivity contribution in [2.24, 2.45) is 5.41 Å². The van der Waals surface area contributed by atoms with Crippen LogP contribution >= 0.6 is 0 Å². The van der Waals surface area contributed by atoms with Crippen LogP contribution in [0.2, 0.25) is 0 Å². The highest BCUT2D eigenvalue weighted by molar-refractivity contribution is 5.97. The van der Waals surface area contributed by atoms with E-state index in [4.69, 9.17) is 0 Å². The van der Waals surface area contributed by atoms with Crippen LogP contribution in [0, 0.1) is 5.41 Å². The molecule has 0 saturated heterocycles. The van der Waals surface area contributed by atoms with Gasteiger partial charge in [0.15, 0.2) is 5.78 Å². The highest BCUT2D eigenvalue weighted by Gasteiger charge is 2.17. The van der Waals surface area contributed by atoms with Gasteiger partial charge in [-0.15, -0.1) is 0 Å². The molecule has 0 atom stereocenters. The van der Waals surface area contributed by atoms with Crippen LogP contribution < -0.4 is 0 Å². The first-order valence-electron chi connectivity index (χ1n) is 4.64. The van der Waals surface area contributed by atoms with E-state index in [0.717, 1.165) is 5.69 Å². The Morgan fingerprint density at radius 2 is 2.07 bits per heavy atom. The van der Waals surface area contributed by atoms with E-state index < -0.39 is 0 Å². The molecule has 0 aliphatic heterocycles. The molecule has 0 amide bonds. The van der Waals surface area contributed by atoms with Crippen molar-refractivity contribution >= 4 is 11.9 Å². The standard InChI is InChI=1S/C12H15NO/c1-12(2,3)11(14)8-7-10-6-4-5-9-13-10/h4-9H,1-3H3/b8-7+. The Balaban J connectivity index is 2.71. The van der Waals surface area contributed by atoms with Gasteiger partial charge in [-0.1, -0.05) is 26.8 Å². The maximum absolute atomic E-state index is 11.5. The van der Waals surface area contributed by atoms with Crippen LogP contribution in [0.1, 0.15) is 26.5 Å². The molecule has 0 unspecified atom stereocenters. The Morgan fingerprint density at radius 3 is 2.57 bits per heavy atom. The van der Waals surface area contributed by atoms with E-state index in [1.807, 2.05) is 39.0 Å². The number of ketones is 1. The number of rotatable bonds is 2. The second-order valence-corrected chi connectivity index (χ2v) is 4.20. The number of allylic oxidation sites excluding steroid dienone is 1. The minimum absolute atomic E-state index is 0.114. The van der Waals surface area contributed by atoms with Gasteiger partial charge in [-0.05, 0) is 24.3 Å². The molecule has 0 fully saturated rings. The van der Waals surface area contributed by atoms with Crippen LogP contribution in [-0.2, 0) is 4.79 Å². The molecule has 1 aromatic heterocycles. The summed E-state index contributed by atoms with van der Waals surface area (Å²) >= 11 is 0. The predicted octanol–water partition coefficient (Wildman–Crippen LogP) is 2.71. The predicted molar refractivity (Wildman–Crippen MR) is 57.7 cm³/mol. The number of pyridine rings is 1. The Morgan fingerprint density at radius 1 is 1.36 bits per heavy atom. The summed E-state index contributed by atoms with van der Waals surface area (Å²) in [6.45, 7) is 5.70. The van der Waals surface area contributed by atoms with E-state index in [2.05, 4.69) is 4.98 Å². The minimum Gasteiger partial charge on any atom is -0.294 e. The molecular formula is C12H15NO. The molecule has 1 rings (SSSR count). The molecule has 0 bridgehead atoms. The fourth-order valence-corrected chi connectivity index (χ4v) is 0.886. The van der Waals surface area contributed by atoms with Gasteiger partial charge in [0, 0.05) is 11.6 Å². The number of aromatic nitrogens is 1. The van der Waals surface area contributed by atoms with E-state index in [-0.39, 0.29) is 11.2 Å². The molecular weight excluding hydrogens is 174 g/mol. The van der Waals surface area contributed by atoms with Gasteiger partial charge in [0.1, 0.15) is 0 Å². The zero-order valence-electron chi connectivity index (χ0n) is 8.82. The van der Waals surface area contributed by atoms with Gasteiger partial charge >= 0.3 is 0 Å². The lowest BCUT2D eigenvalue weighted by atomic mass is 9.90. The highest BCUT2D eigenvalue weighted by atomic mass is 16.1. The Labute approximate surface area is 84.7 Å². The van der Waals surface area contributed by atoms with Crippen molar-refractivity contribution in [3.63, 3.8) is 0 Å². The van der Waals surface area contributed by atoms with Crippen molar-refractivity contribution in [2.45, 2.75) is 20.8 Å². The van der Waals surface area contributed by atoms with Crippen molar-refractivity contribution in [1.82, 2.24) is 4.98 Å². The van der Waals surface area contributed by atoms with E-state index in [1.54, 1.807) is 18.3 Å². The number of carbonyl (C=O) groups is 1. The van der Waals surface area contributed by atoms with Crippen LogP contribution in [0.5, 0.6) is 0 Å². The van der Waals surface area contributed by atoms with Gasteiger partial charge in [0.2, 0.25) is 0 Å². The highest BCUT2D eigenvalue weighted by Crippen LogP contribution is 2.15. The van der Waals surface area contributed by atoms with Crippen molar-refractivity contribution in [3.05, 3.63) is 36.2 Å². The fourth-order valence-electron chi connectivity index (χ4n) is 0.886. The van der Waals surface area contributed by atoms with Crippen LogP contribution in [0.4, 0.5) is 0 Å². The van der Waals surface area contributed by atoms with Gasteiger partial charge in [-0.2, -0.15) is 0 Å². The van der Waals surface area contributed by atoms with Crippen LogP contribution in [0.15, 0.2) is 30.5 Å². The molecule has 0 aromatic carbocycles. The molecule has 1 aromatic rings. The first kappa shape index (κ1) is 10.6. The summed E-state index contributed by atoms with van der Waals surface area (Å²) in [7, 11) is 0. The summed E-state index contributed by atoms with van der Waals surface area (Å²) in [4.78, 5) is 15.6. The summed E-state index contributed by atoms with van der Waals surface area (Å²) in [5, 5.41) is 0. The SMILES string of the molecule is CC(C)(C)C(=O)/C=C/c1ccccn1. The Bertz CT molecular complexity index is 333. The molecule has 74 valence electrons. The maximum Gasteiger partial charge on any atom is 0.161 e. The van der Waals surface area contributed by atoms with E-state index in [9.17, 15) is 4.79 Å². The lowest BCUT2D eigenvalue weighted by molar-refractivity contribution is -0.121. The van der Waals surface area contributed by atoms with Crippen LogP contribution in [-0.4, -0.2) is 10.8 Å². The average molecular weight is 189 g/mol. The second kappa shape index (κ2) is 4.18. The van der Waals surface area contributed by atoms with Crippen molar-refractivity contribution in [1.29, 1.82) is 0 Å². The third-order valence-corrected chi connectivity index (χ3v) is 1.83. The zero-order valence-corrected chi connectivity index (χ0v) is 8.82. The van der Waals surface area contributed by atoms with Gasteiger partial charge < -0.3 is 0 Å². The maximum atomic E-state index is 11.5. The Kier molecular flexibility index (Phi) is 3.18. The zero-order chi connectivity index (χ0) is 10.6. The molecule has 0 saturated carbocycles. The molecule has 2 nitrogen and oxygen atoms in total. The molecule has 0 spiro atoms. The van der Waals surface area contributed by atoms with Crippen LogP contribution in [0.25, 0.3) is 6.08 Å². The van der Waals surface area contributed by atoms with E-state index >= 15 is 0 Å². The normalized spacial score (nSPS) is 11.9. The molecule has 0 radical (unpaired) electrons.